The first-order valence-electron chi connectivity index (χ1n) is 8.10. The Labute approximate surface area is 136 Å². The summed E-state index contributed by atoms with van der Waals surface area (Å²) >= 11 is 0. The zero-order chi connectivity index (χ0) is 16.2. The molecule has 1 aliphatic rings. The summed E-state index contributed by atoms with van der Waals surface area (Å²) in [6.07, 6.45) is 4.98. The van der Waals surface area contributed by atoms with E-state index in [0.717, 1.165) is 31.6 Å². The number of aryl methyl sites for hydroxylation is 2. The number of hydrogen-bond acceptors (Lipinski definition) is 4. The molecule has 2 heterocycles. The molecule has 5 heteroatoms. The highest BCUT2D eigenvalue weighted by molar-refractivity contribution is 5.92. The van der Waals surface area contributed by atoms with E-state index in [2.05, 4.69) is 41.3 Å². The zero-order valence-electron chi connectivity index (χ0n) is 13.7. The molecule has 1 N–H and O–H groups in total. The Morgan fingerprint density at radius 2 is 1.87 bits per heavy atom. The van der Waals surface area contributed by atoms with Gasteiger partial charge in [-0.15, -0.1) is 0 Å². The molecule has 0 saturated carbocycles. The first-order valence-corrected chi connectivity index (χ1v) is 8.10. The van der Waals surface area contributed by atoms with Crippen LogP contribution in [0.1, 0.15) is 40.9 Å². The molecule has 1 fully saturated rings. The van der Waals surface area contributed by atoms with E-state index in [4.69, 9.17) is 0 Å². The third kappa shape index (κ3) is 3.67. The van der Waals surface area contributed by atoms with Crippen LogP contribution in [0, 0.1) is 13.8 Å². The van der Waals surface area contributed by atoms with Gasteiger partial charge >= 0.3 is 0 Å². The molecule has 120 valence electrons. The van der Waals surface area contributed by atoms with Crippen molar-refractivity contribution in [1.29, 1.82) is 0 Å². The molecule has 0 spiro atoms. The Morgan fingerprint density at radius 1 is 1.09 bits per heavy atom. The van der Waals surface area contributed by atoms with Gasteiger partial charge in [-0.25, -0.2) is 9.97 Å². The lowest BCUT2D eigenvalue weighted by molar-refractivity contribution is 0.0718. The van der Waals surface area contributed by atoms with Crippen molar-refractivity contribution in [2.24, 2.45) is 0 Å². The smallest absolute Gasteiger partial charge is 0.272 e. The Bertz CT molecular complexity index is 708. The molecule has 1 saturated heterocycles. The lowest BCUT2D eigenvalue weighted by Crippen LogP contribution is -2.36. The number of hydrogen-bond donors (Lipinski definition) is 1. The summed E-state index contributed by atoms with van der Waals surface area (Å²) in [6, 6.07) is 7.78. The summed E-state index contributed by atoms with van der Waals surface area (Å²) in [5.41, 5.74) is 3.82. The summed E-state index contributed by atoms with van der Waals surface area (Å²) < 4.78 is 0. The molecule has 3 rings (SSSR count). The second kappa shape index (κ2) is 6.77. The van der Waals surface area contributed by atoms with Crippen LogP contribution >= 0.6 is 0 Å². The second-order valence-electron chi connectivity index (χ2n) is 6.04. The van der Waals surface area contributed by atoms with Gasteiger partial charge in [-0.1, -0.05) is 6.07 Å². The van der Waals surface area contributed by atoms with Gasteiger partial charge in [-0.2, -0.15) is 0 Å². The van der Waals surface area contributed by atoms with E-state index in [9.17, 15) is 4.79 Å². The number of carbonyl (C=O) groups is 1. The van der Waals surface area contributed by atoms with Crippen LogP contribution < -0.4 is 5.32 Å². The molecule has 0 radical (unpaired) electrons. The maximum atomic E-state index is 12.5. The molecule has 0 bridgehead atoms. The van der Waals surface area contributed by atoms with E-state index in [1.807, 2.05) is 11.0 Å². The van der Waals surface area contributed by atoms with E-state index >= 15 is 0 Å². The molecular weight excluding hydrogens is 288 g/mol. The first kappa shape index (κ1) is 15.5. The van der Waals surface area contributed by atoms with Crippen molar-refractivity contribution in [2.45, 2.75) is 33.1 Å². The molecular formula is C18H22N4O. The zero-order valence-corrected chi connectivity index (χ0v) is 13.7. The van der Waals surface area contributed by atoms with Crippen LogP contribution in [0.15, 0.2) is 30.5 Å². The van der Waals surface area contributed by atoms with Crippen molar-refractivity contribution < 1.29 is 4.79 Å². The van der Waals surface area contributed by atoms with E-state index in [0.29, 0.717) is 11.6 Å². The fourth-order valence-corrected chi connectivity index (χ4v) is 2.75. The Balaban J connectivity index is 1.76. The number of aromatic nitrogens is 2. The van der Waals surface area contributed by atoms with Gasteiger partial charge in [0.05, 0.1) is 0 Å². The van der Waals surface area contributed by atoms with Crippen LogP contribution in [0.25, 0.3) is 0 Å². The van der Waals surface area contributed by atoms with Crippen molar-refractivity contribution >= 4 is 17.5 Å². The van der Waals surface area contributed by atoms with Gasteiger partial charge in [0.2, 0.25) is 5.95 Å². The number of carbonyl (C=O) groups excluding carboxylic acids is 1. The number of likely N-dealkylation sites (tertiary alicyclic amines) is 1. The van der Waals surface area contributed by atoms with Gasteiger partial charge in [0.25, 0.3) is 5.91 Å². The van der Waals surface area contributed by atoms with E-state index in [1.165, 1.54) is 17.5 Å². The van der Waals surface area contributed by atoms with Crippen molar-refractivity contribution in [3.63, 3.8) is 0 Å². The minimum absolute atomic E-state index is 0.00441. The number of amides is 1. The predicted molar refractivity (Wildman–Crippen MR) is 91.0 cm³/mol. The average molecular weight is 310 g/mol. The van der Waals surface area contributed by atoms with Crippen LogP contribution in [0.2, 0.25) is 0 Å². The molecule has 0 aliphatic carbocycles. The average Bonchev–Trinajstić information content (AvgIpc) is 2.58. The summed E-state index contributed by atoms with van der Waals surface area (Å²) in [6.45, 7) is 5.79. The van der Waals surface area contributed by atoms with Crippen LogP contribution in [-0.2, 0) is 0 Å². The van der Waals surface area contributed by atoms with Gasteiger partial charge in [0.1, 0.15) is 5.69 Å². The Kier molecular flexibility index (Phi) is 4.55. The fourth-order valence-electron chi connectivity index (χ4n) is 2.75. The summed E-state index contributed by atoms with van der Waals surface area (Å²) in [5, 5.41) is 3.18. The highest BCUT2D eigenvalue weighted by Crippen LogP contribution is 2.18. The molecule has 1 aromatic carbocycles. The van der Waals surface area contributed by atoms with Crippen molar-refractivity contribution in [2.75, 3.05) is 18.4 Å². The van der Waals surface area contributed by atoms with Crippen LogP contribution in [0.5, 0.6) is 0 Å². The van der Waals surface area contributed by atoms with E-state index < -0.39 is 0 Å². The fraction of sp³-hybridized carbons (Fsp3) is 0.389. The topological polar surface area (TPSA) is 58.1 Å². The highest BCUT2D eigenvalue weighted by Gasteiger charge is 2.19. The van der Waals surface area contributed by atoms with Gasteiger partial charge < -0.3 is 10.2 Å². The molecule has 1 amide bonds. The maximum Gasteiger partial charge on any atom is 0.272 e. The predicted octanol–water partition coefficient (Wildman–Crippen LogP) is 3.46. The van der Waals surface area contributed by atoms with Crippen LogP contribution in [0.3, 0.4) is 0 Å². The third-order valence-corrected chi connectivity index (χ3v) is 4.28. The monoisotopic (exact) mass is 310 g/mol. The molecule has 2 aromatic rings. The number of nitrogens with one attached hydrogen (secondary N) is 1. The number of rotatable bonds is 3. The van der Waals surface area contributed by atoms with Crippen molar-refractivity contribution in [1.82, 2.24) is 14.9 Å². The Morgan fingerprint density at radius 3 is 2.61 bits per heavy atom. The Hall–Kier alpha value is -2.43. The summed E-state index contributed by atoms with van der Waals surface area (Å²) in [7, 11) is 0. The summed E-state index contributed by atoms with van der Waals surface area (Å²) in [5.74, 6) is 0.450. The normalized spacial score (nSPS) is 14.6. The van der Waals surface area contributed by atoms with Gasteiger partial charge in [-0.05, 0) is 62.4 Å². The van der Waals surface area contributed by atoms with Crippen molar-refractivity contribution in [3.05, 3.63) is 47.3 Å². The number of piperidine rings is 1. The van der Waals surface area contributed by atoms with Crippen molar-refractivity contribution in [3.8, 4) is 0 Å². The largest absolute Gasteiger partial charge is 0.337 e. The second-order valence-corrected chi connectivity index (χ2v) is 6.04. The van der Waals surface area contributed by atoms with E-state index in [-0.39, 0.29) is 5.91 Å². The number of nitrogens with zero attached hydrogens (tertiary/aromatic N) is 3. The maximum absolute atomic E-state index is 12.5. The standard InChI is InChI=1S/C18H22N4O/c1-13-6-7-15(12-14(13)2)20-18-19-9-8-16(21-18)17(23)22-10-4-3-5-11-22/h6-9,12H,3-5,10-11H2,1-2H3,(H,19,20,21). The number of benzene rings is 1. The summed E-state index contributed by atoms with van der Waals surface area (Å²) in [4.78, 5) is 23.0. The lowest BCUT2D eigenvalue weighted by Gasteiger charge is -2.26. The van der Waals surface area contributed by atoms with Gasteiger partial charge in [0, 0.05) is 25.0 Å². The molecule has 0 atom stereocenters. The third-order valence-electron chi connectivity index (χ3n) is 4.28. The quantitative estimate of drug-likeness (QED) is 0.943. The SMILES string of the molecule is Cc1ccc(Nc2nccc(C(=O)N3CCCCC3)n2)cc1C. The molecule has 0 unspecified atom stereocenters. The van der Waals surface area contributed by atoms with Gasteiger partial charge in [0.15, 0.2) is 0 Å². The molecule has 5 nitrogen and oxygen atoms in total. The minimum Gasteiger partial charge on any atom is -0.337 e. The minimum atomic E-state index is -0.00441. The molecule has 1 aromatic heterocycles. The van der Waals surface area contributed by atoms with E-state index in [1.54, 1.807) is 12.3 Å². The first-order chi connectivity index (χ1) is 11.1. The molecule has 23 heavy (non-hydrogen) atoms. The lowest BCUT2D eigenvalue weighted by atomic mass is 10.1. The highest BCUT2D eigenvalue weighted by atomic mass is 16.2. The molecule has 1 aliphatic heterocycles. The number of anilines is 2. The van der Waals surface area contributed by atoms with Crippen LogP contribution in [-0.4, -0.2) is 33.9 Å². The van der Waals surface area contributed by atoms with Gasteiger partial charge in [-0.3, -0.25) is 4.79 Å². The van der Waals surface area contributed by atoms with Crippen LogP contribution in [0.4, 0.5) is 11.6 Å².